The Bertz CT molecular complexity index is 2530. The van der Waals surface area contributed by atoms with Gasteiger partial charge < -0.3 is 29.2 Å². The summed E-state index contributed by atoms with van der Waals surface area (Å²) >= 11 is 0. The summed E-state index contributed by atoms with van der Waals surface area (Å²) in [5.41, 5.74) is 4.68. The fraction of sp³-hybridized carbons (Fsp3) is 0.585. The van der Waals surface area contributed by atoms with Crippen molar-refractivity contribution in [3.63, 3.8) is 0 Å². The minimum atomic E-state index is -0.612. The van der Waals surface area contributed by atoms with Gasteiger partial charge in [0.1, 0.15) is 28.5 Å². The summed E-state index contributed by atoms with van der Waals surface area (Å²) < 4.78 is 44.8. The van der Waals surface area contributed by atoms with Gasteiger partial charge in [0.05, 0.1) is 46.2 Å². The fourth-order valence-corrected chi connectivity index (χ4v) is 13.0. The number of amides is 2. The smallest absolute Gasteiger partial charge is 0.411 e. The van der Waals surface area contributed by atoms with Crippen LogP contribution in [0.2, 0.25) is 0 Å². The molecule has 6 heterocycles. The number of ether oxygens (including phenoxy) is 2. The van der Waals surface area contributed by atoms with Crippen molar-refractivity contribution in [2.45, 2.75) is 172 Å². The number of aromatic nitrogens is 4. The van der Waals surface area contributed by atoms with Crippen LogP contribution < -0.4 is 9.80 Å². The van der Waals surface area contributed by atoms with Crippen molar-refractivity contribution >= 4 is 45.6 Å². The summed E-state index contributed by atoms with van der Waals surface area (Å²) in [5.74, 6) is 1.25. The highest BCUT2D eigenvalue weighted by molar-refractivity contribution is 5.79. The molecule has 2 saturated carbocycles. The van der Waals surface area contributed by atoms with Crippen LogP contribution in [-0.2, 0) is 9.47 Å². The van der Waals surface area contributed by atoms with Crippen LogP contribution in [0.15, 0.2) is 48.5 Å². The second kappa shape index (κ2) is 16.7. The van der Waals surface area contributed by atoms with Crippen LogP contribution in [-0.4, -0.2) is 78.3 Å². The minimum Gasteiger partial charge on any atom is -0.444 e. The first-order chi connectivity index (χ1) is 32.1. The largest absolute Gasteiger partial charge is 0.444 e. The topological polar surface area (TPSA) is 123 Å². The highest BCUT2D eigenvalue weighted by atomic mass is 19.1. The van der Waals surface area contributed by atoms with Gasteiger partial charge in [-0.25, -0.2) is 28.3 Å². The van der Waals surface area contributed by atoms with E-state index in [1.54, 1.807) is 0 Å². The van der Waals surface area contributed by atoms with Gasteiger partial charge in [-0.3, -0.25) is 9.80 Å². The maximum atomic E-state index is 16.4. The molecule has 6 aliphatic rings. The van der Waals surface area contributed by atoms with E-state index in [1.165, 1.54) is 12.1 Å². The third-order valence-corrected chi connectivity index (χ3v) is 15.7. The van der Waals surface area contributed by atoms with Gasteiger partial charge in [0.15, 0.2) is 11.6 Å². The normalized spacial score (nSPS) is 27.7. The average molecular weight is 917 g/mol. The molecule has 0 radical (unpaired) electrons. The maximum Gasteiger partial charge on any atom is 0.411 e. The molecule has 3 aromatic carbocycles. The summed E-state index contributed by atoms with van der Waals surface area (Å²) in [6, 6.07) is 15.0. The summed E-state index contributed by atoms with van der Waals surface area (Å²) in [7, 11) is 0. The molecule has 67 heavy (non-hydrogen) atoms. The summed E-state index contributed by atoms with van der Waals surface area (Å²) in [6.45, 7) is 12.7. The van der Waals surface area contributed by atoms with Crippen LogP contribution in [0.3, 0.4) is 0 Å². The summed E-state index contributed by atoms with van der Waals surface area (Å²) in [4.78, 5) is 52.8. The molecule has 0 unspecified atom stereocenters. The predicted octanol–water partition coefficient (Wildman–Crippen LogP) is 12.5. The van der Waals surface area contributed by atoms with Gasteiger partial charge in [-0.05, 0) is 172 Å². The number of nitrogens with zero attached hydrogens (tertiary/aromatic N) is 6. The van der Waals surface area contributed by atoms with Crippen LogP contribution >= 0.6 is 0 Å². The molecule has 2 amide bonds. The lowest BCUT2D eigenvalue weighted by Gasteiger charge is -2.35. The molecule has 0 spiro atoms. The fourth-order valence-electron chi connectivity index (χ4n) is 13.0. The van der Waals surface area contributed by atoms with Crippen molar-refractivity contribution in [3.05, 3.63) is 82.9 Å². The molecule has 11 rings (SSSR count). The van der Waals surface area contributed by atoms with Gasteiger partial charge in [-0.1, -0.05) is 25.0 Å². The first kappa shape index (κ1) is 44.1. The number of likely N-dealkylation sites (tertiary alicyclic amines) is 2. The monoisotopic (exact) mass is 917 g/mol. The molecular formula is C53H66F2N8O4. The number of halogens is 2. The van der Waals surface area contributed by atoms with Gasteiger partial charge >= 0.3 is 12.2 Å². The third kappa shape index (κ3) is 8.17. The van der Waals surface area contributed by atoms with Crippen LogP contribution in [0.4, 0.5) is 29.7 Å². The Balaban J connectivity index is 0.936. The number of hydrogen-bond donors (Lipinski definition) is 2. The molecule has 2 N–H and O–H groups in total. The molecule has 5 aromatic rings. The molecule has 14 heteroatoms. The van der Waals surface area contributed by atoms with Crippen molar-refractivity contribution in [2.75, 3.05) is 22.9 Å². The minimum absolute atomic E-state index is 0.0570. The van der Waals surface area contributed by atoms with E-state index in [1.807, 2.05) is 68.4 Å². The molecule has 8 atom stereocenters. The third-order valence-electron chi connectivity index (χ3n) is 15.7. The van der Waals surface area contributed by atoms with E-state index < -0.39 is 22.8 Å². The van der Waals surface area contributed by atoms with Crippen LogP contribution in [0.1, 0.15) is 172 Å². The summed E-state index contributed by atoms with van der Waals surface area (Å²) in [5, 5.41) is 0. The van der Waals surface area contributed by atoms with Crippen LogP contribution in [0.25, 0.3) is 22.1 Å². The molecule has 4 aliphatic heterocycles. The number of hydrogen-bond acceptors (Lipinski definition) is 8. The molecule has 2 aliphatic carbocycles. The quantitative estimate of drug-likeness (QED) is 0.173. The van der Waals surface area contributed by atoms with Gasteiger partial charge in [-0.2, -0.15) is 0 Å². The molecule has 6 fully saturated rings. The Hall–Kier alpha value is -5.40. The molecule has 4 saturated heterocycles. The van der Waals surface area contributed by atoms with Crippen molar-refractivity contribution < 1.29 is 27.8 Å². The Kier molecular flexibility index (Phi) is 11.0. The lowest BCUT2D eigenvalue weighted by atomic mass is 10.0. The lowest BCUT2D eigenvalue weighted by molar-refractivity contribution is 0.0120. The second-order valence-corrected chi connectivity index (χ2v) is 22.4. The number of carbonyl (C=O) groups excluding carboxylic acids is 2. The first-order valence-corrected chi connectivity index (χ1v) is 25.1. The molecule has 2 aromatic heterocycles. The Morgan fingerprint density at radius 2 is 1.06 bits per heavy atom. The lowest BCUT2D eigenvalue weighted by Crippen LogP contribution is -2.41. The Labute approximate surface area is 392 Å². The van der Waals surface area contributed by atoms with Crippen LogP contribution in [0, 0.1) is 23.5 Å². The number of nitrogens with one attached hydrogen (secondary N) is 2. The number of imidazole rings is 2. The molecular weight excluding hydrogens is 851 g/mol. The van der Waals surface area contributed by atoms with E-state index in [4.69, 9.17) is 19.4 Å². The zero-order chi connectivity index (χ0) is 46.5. The maximum absolute atomic E-state index is 16.4. The molecule has 0 bridgehead atoms. The zero-order valence-corrected chi connectivity index (χ0v) is 39.9. The first-order valence-electron chi connectivity index (χ1n) is 25.1. The number of fused-ring (bicyclic) bond motifs is 4. The number of H-pyrrole nitrogens is 2. The van der Waals surface area contributed by atoms with E-state index in [-0.39, 0.29) is 54.1 Å². The van der Waals surface area contributed by atoms with Crippen LogP contribution in [0.5, 0.6) is 0 Å². The summed E-state index contributed by atoms with van der Waals surface area (Å²) in [6.07, 6.45) is 11.8. The van der Waals surface area contributed by atoms with Gasteiger partial charge in [0, 0.05) is 30.9 Å². The van der Waals surface area contributed by atoms with Crippen molar-refractivity contribution in [1.82, 2.24) is 29.7 Å². The number of anilines is 2. The second-order valence-electron chi connectivity index (χ2n) is 22.4. The van der Waals surface area contributed by atoms with E-state index in [0.717, 1.165) is 128 Å². The highest BCUT2D eigenvalue weighted by Crippen LogP contribution is 2.52. The Morgan fingerprint density at radius 1 is 0.597 bits per heavy atom. The van der Waals surface area contributed by atoms with E-state index in [0.29, 0.717) is 30.6 Å². The number of rotatable bonds is 6. The molecule has 12 nitrogen and oxygen atoms in total. The number of carbonyl (C=O) groups is 2. The average Bonchev–Trinajstić information content (AvgIpc) is 4.12. The zero-order valence-electron chi connectivity index (χ0n) is 39.9. The van der Waals surface area contributed by atoms with Gasteiger partial charge in [0.25, 0.3) is 0 Å². The SMILES string of the molecule is CC(C)(C)OC(=O)N1[C@H](c2nc3ccc([C@H]4CC[C@H](c5ccc6nc([C@@H]7C[C@@H]8CCC[C@@H]8N7C(=O)OC(C)(C)C)[nH]c6c5)N4c4cc(F)c(N5CCCCC5)c(F)c4)cc3[nH]2)C[C@@H]2CCC[C@@H]21. The number of piperidine rings is 1. The van der Waals surface area contributed by atoms with E-state index >= 15 is 8.78 Å². The number of benzene rings is 3. The number of aromatic amines is 2. The van der Waals surface area contributed by atoms with Crippen molar-refractivity contribution in [2.24, 2.45) is 11.8 Å². The predicted molar refractivity (Wildman–Crippen MR) is 255 cm³/mol. The molecule has 356 valence electrons. The van der Waals surface area contributed by atoms with Crippen molar-refractivity contribution in [3.8, 4) is 0 Å². The van der Waals surface area contributed by atoms with E-state index in [9.17, 15) is 9.59 Å². The van der Waals surface area contributed by atoms with Gasteiger partial charge in [-0.15, -0.1) is 0 Å². The van der Waals surface area contributed by atoms with Crippen molar-refractivity contribution in [1.29, 1.82) is 0 Å². The van der Waals surface area contributed by atoms with Gasteiger partial charge in [0.2, 0.25) is 0 Å². The highest BCUT2D eigenvalue weighted by Gasteiger charge is 2.50. The van der Waals surface area contributed by atoms with E-state index in [2.05, 4.69) is 39.1 Å². The Morgan fingerprint density at radius 3 is 1.51 bits per heavy atom. The standard InChI is InChI=1S/C53H66F2N8O4/c1-52(2,3)66-50(64)62-41-14-10-12-30(41)26-45(62)48-56-37-18-16-32(24-39(37)58-48)43-20-21-44(61(43)34-28-35(54)47(36(55)29-34)60-22-8-7-9-23-60)33-17-19-38-40(25-33)59-49(57-38)46-27-31-13-11-15-42(31)63(46)51(65)67-53(4,5)6/h16-19,24-25,28-31,41-46H,7-15,20-23,26-27H2,1-6H3,(H,56,58)(H,57,59)/t30-,31-,41-,42-,43+,44+,45-,46-/m0/s1.